The van der Waals surface area contributed by atoms with Gasteiger partial charge in [0.15, 0.2) is 0 Å². The van der Waals surface area contributed by atoms with Crippen LogP contribution in [0.3, 0.4) is 0 Å². The Balaban J connectivity index is 2.43. The molecule has 1 atom stereocenters. The molecule has 0 bridgehead atoms. The van der Waals surface area contributed by atoms with Gasteiger partial charge in [0.25, 0.3) is 0 Å². The summed E-state index contributed by atoms with van der Waals surface area (Å²) in [4.78, 5) is 0. The number of aliphatic hydroxyl groups is 1. The zero-order chi connectivity index (χ0) is 11.1. The lowest BCUT2D eigenvalue weighted by molar-refractivity contribution is 0.198. The summed E-state index contributed by atoms with van der Waals surface area (Å²) in [7, 11) is 0. The number of benzene rings is 1. The normalized spacial score (nSPS) is 12.5. The maximum Gasteiger partial charge on any atom is 0.119 e. The van der Waals surface area contributed by atoms with Crippen LogP contribution in [0.5, 0.6) is 5.75 Å². The lowest BCUT2D eigenvalue weighted by atomic mass is 10.1. The van der Waals surface area contributed by atoms with Crippen LogP contribution in [0.2, 0.25) is 0 Å². The first kappa shape index (κ1) is 12.4. The summed E-state index contributed by atoms with van der Waals surface area (Å²) in [5, 5.41) is 9.40. The van der Waals surface area contributed by atoms with Crippen molar-refractivity contribution in [2.24, 2.45) is 0 Å². The second kappa shape index (κ2) is 6.75. The van der Waals surface area contributed by atoms with E-state index in [9.17, 15) is 5.11 Å². The molecule has 1 rings (SSSR count). The SMILES string of the molecule is CSCCCOc1cccc([C@@H](C)O)c1. The Morgan fingerprint density at radius 1 is 1.47 bits per heavy atom. The third-order valence-corrected chi connectivity index (χ3v) is 2.80. The first-order valence-corrected chi connectivity index (χ1v) is 6.53. The van der Waals surface area contributed by atoms with Gasteiger partial charge in [-0.25, -0.2) is 0 Å². The Labute approximate surface area is 95.7 Å². The van der Waals surface area contributed by atoms with E-state index in [4.69, 9.17) is 4.74 Å². The van der Waals surface area contributed by atoms with Gasteiger partial charge in [0, 0.05) is 0 Å². The molecule has 84 valence electrons. The molecule has 0 aliphatic rings. The van der Waals surface area contributed by atoms with Crippen LogP contribution in [-0.4, -0.2) is 23.7 Å². The second-order valence-electron chi connectivity index (χ2n) is 3.44. The smallest absolute Gasteiger partial charge is 0.119 e. The minimum atomic E-state index is -0.431. The summed E-state index contributed by atoms with van der Waals surface area (Å²) in [6, 6.07) is 7.63. The van der Waals surface area contributed by atoms with E-state index >= 15 is 0 Å². The van der Waals surface area contributed by atoms with Gasteiger partial charge < -0.3 is 9.84 Å². The first-order valence-electron chi connectivity index (χ1n) is 5.14. The monoisotopic (exact) mass is 226 g/mol. The van der Waals surface area contributed by atoms with E-state index in [-0.39, 0.29) is 0 Å². The Kier molecular flexibility index (Phi) is 5.58. The topological polar surface area (TPSA) is 29.5 Å². The fourth-order valence-corrected chi connectivity index (χ4v) is 1.66. The van der Waals surface area contributed by atoms with Gasteiger partial charge in [0.05, 0.1) is 12.7 Å². The Hall–Kier alpha value is -0.670. The van der Waals surface area contributed by atoms with E-state index in [0.717, 1.165) is 30.1 Å². The van der Waals surface area contributed by atoms with Gasteiger partial charge in [-0.3, -0.25) is 0 Å². The van der Waals surface area contributed by atoms with Crippen LogP contribution < -0.4 is 4.74 Å². The molecule has 0 saturated heterocycles. The number of ether oxygens (including phenoxy) is 1. The summed E-state index contributed by atoms with van der Waals surface area (Å²) in [6.07, 6.45) is 2.72. The van der Waals surface area contributed by atoms with Gasteiger partial charge in [0.1, 0.15) is 5.75 Å². The summed E-state index contributed by atoms with van der Waals surface area (Å²) < 4.78 is 5.57. The Morgan fingerprint density at radius 3 is 2.93 bits per heavy atom. The molecule has 0 spiro atoms. The van der Waals surface area contributed by atoms with E-state index in [1.54, 1.807) is 6.92 Å². The third-order valence-electron chi connectivity index (χ3n) is 2.10. The highest BCUT2D eigenvalue weighted by molar-refractivity contribution is 7.98. The lowest BCUT2D eigenvalue weighted by Crippen LogP contribution is -1.99. The Bertz CT molecular complexity index is 287. The number of hydrogen-bond donors (Lipinski definition) is 1. The van der Waals surface area contributed by atoms with Gasteiger partial charge in [-0.15, -0.1) is 0 Å². The summed E-state index contributed by atoms with van der Waals surface area (Å²) >= 11 is 1.82. The van der Waals surface area contributed by atoms with Gasteiger partial charge >= 0.3 is 0 Å². The molecular weight excluding hydrogens is 208 g/mol. The lowest BCUT2D eigenvalue weighted by Gasteiger charge is -2.09. The summed E-state index contributed by atoms with van der Waals surface area (Å²) in [5.74, 6) is 1.96. The fourth-order valence-electron chi connectivity index (χ4n) is 1.26. The molecule has 15 heavy (non-hydrogen) atoms. The molecule has 0 aliphatic heterocycles. The highest BCUT2D eigenvalue weighted by Gasteiger charge is 2.01. The van der Waals surface area contributed by atoms with Crippen molar-refractivity contribution < 1.29 is 9.84 Å². The Morgan fingerprint density at radius 2 is 2.27 bits per heavy atom. The number of rotatable bonds is 6. The van der Waals surface area contributed by atoms with Crippen LogP contribution >= 0.6 is 11.8 Å². The van der Waals surface area contributed by atoms with Gasteiger partial charge in [0.2, 0.25) is 0 Å². The van der Waals surface area contributed by atoms with E-state index in [1.165, 1.54) is 0 Å². The van der Waals surface area contributed by atoms with E-state index < -0.39 is 6.10 Å². The predicted octanol–water partition coefficient (Wildman–Crippen LogP) is 2.87. The van der Waals surface area contributed by atoms with Crippen molar-refractivity contribution in [1.29, 1.82) is 0 Å². The molecular formula is C12H18O2S. The van der Waals surface area contributed by atoms with Gasteiger partial charge in [-0.2, -0.15) is 11.8 Å². The zero-order valence-electron chi connectivity index (χ0n) is 9.27. The van der Waals surface area contributed by atoms with Crippen LogP contribution in [0.4, 0.5) is 0 Å². The van der Waals surface area contributed by atoms with Crippen molar-refractivity contribution >= 4 is 11.8 Å². The van der Waals surface area contributed by atoms with Gasteiger partial charge in [-0.1, -0.05) is 12.1 Å². The highest BCUT2D eigenvalue weighted by atomic mass is 32.2. The van der Waals surface area contributed by atoms with Crippen LogP contribution in [-0.2, 0) is 0 Å². The van der Waals surface area contributed by atoms with Crippen LogP contribution in [0.15, 0.2) is 24.3 Å². The zero-order valence-corrected chi connectivity index (χ0v) is 10.1. The van der Waals surface area contributed by atoms with Crippen LogP contribution in [0.1, 0.15) is 25.0 Å². The third kappa shape index (κ3) is 4.58. The van der Waals surface area contributed by atoms with E-state index in [0.29, 0.717) is 0 Å². The predicted molar refractivity (Wildman–Crippen MR) is 65.6 cm³/mol. The minimum absolute atomic E-state index is 0.431. The summed E-state index contributed by atoms with van der Waals surface area (Å²) in [5.41, 5.74) is 0.900. The highest BCUT2D eigenvalue weighted by Crippen LogP contribution is 2.18. The standard InChI is InChI=1S/C12H18O2S/c1-10(13)11-5-3-6-12(9-11)14-7-4-8-15-2/h3,5-6,9-10,13H,4,7-8H2,1-2H3/t10-/m1/s1. The fraction of sp³-hybridized carbons (Fsp3) is 0.500. The largest absolute Gasteiger partial charge is 0.494 e. The quantitative estimate of drug-likeness (QED) is 0.756. The molecule has 0 amide bonds. The first-order chi connectivity index (χ1) is 7.24. The van der Waals surface area contributed by atoms with E-state index in [1.807, 2.05) is 36.0 Å². The maximum absolute atomic E-state index is 9.40. The second-order valence-corrected chi connectivity index (χ2v) is 4.43. The van der Waals surface area contributed by atoms with Crippen LogP contribution in [0.25, 0.3) is 0 Å². The average Bonchev–Trinajstić information content (AvgIpc) is 2.25. The molecule has 0 heterocycles. The molecule has 1 aromatic rings. The molecule has 0 fully saturated rings. The molecule has 1 aromatic carbocycles. The number of hydrogen-bond acceptors (Lipinski definition) is 3. The van der Waals surface area contributed by atoms with Crippen molar-refractivity contribution in [3.8, 4) is 5.75 Å². The van der Waals surface area contributed by atoms with Crippen molar-refractivity contribution in [3.63, 3.8) is 0 Å². The molecule has 0 saturated carbocycles. The molecule has 0 aromatic heterocycles. The van der Waals surface area contributed by atoms with Gasteiger partial charge in [-0.05, 0) is 43.0 Å². The van der Waals surface area contributed by atoms with Crippen molar-refractivity contribution in [1.82, 2.24) is 0 Å². The maximum atomic E-state index is 9.40. The van der Waals surface area contributed by atoms with Crippen molar-refractivity contribution in [2.75, 3.05) is 18.6 Å². The molecule has 1 N–H and O–H groups in total. The molecule has 2 nitrogen and oxygen atoms in total. The molecule has 0 unspecified atom stereocenters. The number of aliphatic hydroxyl groups excluding tert-OH is 1. The summed E-state index contributed by atoms with van der Waals surface area (Å²) in [6.45, 7) is 2.50. The molecule has 3 heteroatoms. The average molecular weight is 226 g/mol. The van der Waals surface area contributed by atoms with Crippen LogP contribution in [0, 0.1) is 0 Å². The molecule has 0 radical (unpaired) electrons. The van der Waals surface area contributed by atoms with Crippen molar-refractivity contribution in [2.45, 2.75) is 19.4 Å². The minimum Gasteiger partial charge on any atom is -0.494 e. The van der Waals surface area contributed by atoms with E-state index in [2.05, 4.69) is 6.26 Å². The van der Waals surface area contributed by atoms with Crippen molar-refractivity contribution in [3.05, 3.63) is 29.8 Å². The number of thioether (sulfide) groups is 1. The molecule has 0 aliphatic carbocycles.